The van der Waals surface area contributed by atoms with Crippen molar-refractivity contribution in [3.8, 4) is 0 Å². The van der Waals surface area contributed by atoms with Gasteiger partial charge in [0.1, 0.15) is 5.69 Å². The van der Waals surface area contributed by atoms with Crippen LogP contribution >= 0.6 is 0 Å². The lowest BCUT2D eigenvalue weighted by molar-refractivity contribution is -0.142. The zero-order chi connectivity index (χ0) is 14.9. The Morgan fingerprint density at radius 2 is 1.60 bits per heavy atom. The predicted octanol–water partition coefficient (Wildman–Crippen LogP) is 3.34. The van der Waals surface area contributed by atoms with Gasteiger partial charge in [-0.05, 0) is 13.8 Å². The topological polar surface area (TPSA) is 42.9 Å². The van der Waals surface area contributed by atoms with Crippen LogP contribution in [-0.4, -0.2) is 15.8 Å². The van der Waals surface area contributed by atoms with Crippen LogP contribution in [0.4, 0.5) is 13.2 Å². The van der Waals surface area contributed by atoms with Crippen LogP contribution in [-0.2, 0) is 6.18 Å². The van der Waals surface area contributed by atoms with Crippen LogP contribution in [0.1, 0.15) is 33.1 Å². The van der Waals surface area contributed by atoms with Gasteiger partial charge in [0.15, 0.2) is 5.69 Å². The van der Waals surface area contributed by atoms with Crippen molar-refractivity contribution in [1.29, 1.82) is 0 Å². The molecule has 2 aromatic rings. The lowest BCUT2D eigenvalue weighted by atomic mass is 10.1. The molecule has 0 saturated heterocycles. The van der Waals surface area contributed by atoms with Gasteiger partial charge < -0.3 is 0 Å². The van der Waals surface area contributed by atoms with Gasteiger partial charge in [0.05, 0.1) is 11.4 Å². The SMILES string of the molecule is Cc1nc(C(F)(F)F)c(C)nc1C(=O)c1ccccc1. The molecule has 0 atom stereocenters. The summed E-state index contributed by atoms with van der Waals surface area (Å²) in [6.07, 6.45) is -4.57. The normalized spacial score (nSPS) is 11.4. The first-order chi connectivity index (χ1) is 9.30. The van der Waals surface area contributed by atoms with Crippen molar-refractivity contribution in [3.63, 3.8) is 0 Å². The number of carbonyl (C=O) groups is 1. The third-order valence-corrected chi connectivity index (χ3v) is 2.76. The number of rotatable bonds is 2. The Hall–Kier alpha value is -2.24. The van der Waals surface area contributed by atoms with E-state index in [4.69, 9.17) is 0 Å². The highest BCUT2D eigenvalue weighted by atomic mass is 19.4. The van der Waals surface area contributed by atoms with Crippen LogP contribution in [0.3, 0.4) is 0 Å². The van der Waals surface area contributed by atoms with E-state index in [1.54, 1.807) is 30.3 Å². The van der Waals surface area contributed by atoms with Gasteiger partial charge in [-0.1, -0.05) is 30.3 Å². The largest absolute Gasteiger partial charge is 0.435 e. The number of aromatic nitrogens is 2. The second-order valence-electron chi connectivity index (χ2n) is 4.28. The summed E-state index contributed by atoms with van der Waals surface area (Å²) >= 11 is 0. The molecule has 2 rings (SSSR count). The molecule has 0 aliphatic heterocycles. The molecule has 0 unspecified atom stereocenters. The van der Waals surface area contributed by atoms with Crippen molar-refractivity contribution in [3.05, 3.63) is 58.7 Å². The van der Waals surface area contributed by atoms with Crippen LogP contribution in [0.5, 0.6) is 0 Å². The highest BCUT2D eigenvalue weighted by molar-refractivity contribution is 6.08. The molecule has 3 nitrogen and oxygen atoms in total. The molecule has 0 N–H and O–H groups in total. The van der Waals surface area contributed by atoms with E-state index in [1.165, 1.54) is 13.8 Å². The van der Waals surface area contributed by atoms with E-state index in [0.717, 1.165) is 0 Å². The van der Waals surface area contributed by atoms with Crippen molar-refractivity contribution in [2.75, 3.05) is 0 Å². The maximum Gasteiger partial charge on any atom is 0.435 e. The quantitative estimate of drug-likeness (QED) is 0.792. The van der Waals surface area contributed by atoms with Gasteiger partial charge >= 0.3 is 6.18 Å². The fourth-order valence-corrected chi connectivity index (χ4v) is 1.81. The highest BCUT2D eigenvalue weighted by Gasteiger charge is 2.36. The molecular weight excluding hydrogens is 269 g/mol. The number of halogens is 3. The summed E-state index contributed by atoms with van der Waals surface area (Å²) < 4.78 is 38.1. The Balaban J connectivity index is 2.50. The molecule has 0 aliphatic rings. The van der Waals surface area contributed by atoms with Crippen LogP contribution in [0.2, 0.25) is 0 Å². The fraction of sp³-hybridized carbons (Fsp3) is 0.214. The van der Waals surface area contributed by atoms with Crippen LogP contribution in [0, 0.1) is 13.8 Å². The Kier molecular flexibility index (Phi) is 3.57. The molecule has 0 spiro atoms. The Morgan fingerprint density at radius 1 is 1.00 bits per heavy atom. The van der Waals surface area contributed by atoms with Gasteiger partial charge in [-0.15, -0.1) is 0 Å². The minimum Gasteiger partial charge on any atom is -0.287 e. The molecule has 6 heteroatoms. The summed E-state index contributed by atoms with van der Waals surface area (Å²) in [5, 5.41) is 0. The van der Waals surface area contributed by atoms with E-state index in [2.05, 4.69) is 9.97 Å². The summed E-state index contributed by atoms with van der Waals surface area (Å²) in [6.45, 7) is 2.54. The molecule has 0 amide bonds. The molecule has 1 aromatic carbocycles. The monoisotopic (exact) mass is 280 g/mol. The number of alkyl halides is 3. The van der Waals surface area contributed by atoms with Crippen LogP contribution < -0.4 is 0 Å². The number of nitrogens with zero attached hydrogens (tertiary/aromatic N) is 2. The summed E-state index contributed by atoms with van der Waals surface area (Å²) in [6, 6.07) is 8.25. The molecule has 1 aromatic heterocycles. The number of hydrogen-bond donors (Lipinski definition) is 0. The number of benzene rings is 1. The van der Waals surface area contributed by atoms with Gasteiger partial charge in [0.2, 0.25) is 5.78 Å². The summed E-state index contributed by atoms with van der Waals surface area (Å²) in [5.74, 6) is -0.438. The van der Waals surface area contributed by atoms with Gasteiger partial charge in [-0.2, -0.15) is 13.2 Å². The zero-order valence-corrected chi connectivity index (χ0v) is 10.8. The predicted molar refractivity (Wildman–Crippen MR) is 66.4 cm³/mol. The second kappa shape index (κ2) is 5.03. The number of ketones is 1. The number of hydrogen-bond acceptors (Lipinski definition) is 3. The molecule has 0 saturated carbocycles. The first-order valence-corrected chi connectivity index (χ1v) is 5.83. The maximum absolute atomic E-state index is 12.7. The van der Waals surface area contributed by atoms with E-state index < -0.39 is 17.7 Å². The Bertz CT molecular complexity index is 651. The average Bonchev–Trinajstić information content (AvgIpc) is 2.40. The number of aryl methyl sites for hydroxylation is 2. The molecule has 0 aliphatic carbocycles. The zero-order valence-electron chi connectivity index (χ0n) is 10.8. The molecule has 104 valence electrons. The third-order valence-electron chi connectivity index (χ3n) is 2.76. The lowest BCUT2D eigenvalue weighted by Gasteiger charge is -2.11. The second-order valence-corrected chi connectivity index (χ2v) is 4.28. The molecule has 1 heterocycles. The molecule has 0 fully saturated rings. The third kappa shape index (κ3) is 2.68. The van der Waals surface area contributed by atoms with Crippen LogP contribution in [0.15, 0.2) is 30.3 Å². The summed E-state index contributed by atoms with van der Waals surface area (Å²) in [4.78, 5) is 19.5. The summed E-state index contributed by atoms with van der Waals surface area (Å²) in [5.41, 5.74) is -1.08. The van der Waals surface area contributed by atoms with E-state index in [0.29, 0.717) is 5.56 Å². The van der Waals surface area contributed by atoms with Gasteiger partial charge in [0.25, 0.3) is 0 Å². The Labute approximate surface area is 113 Å². The maximum atomic E-state index is 12.7. The van der Waals surface area contributed by atoms with E-state index in [9.17, 15) is 18.0 Å². The lowest BCUT2D eigenvalue weighted by Crippen LogP contribution is -2.17. The molecular formula is C14H11F3N2O. The summed E-state index contributed by atoms with van der Waals surface area (Å²) in [7, 11) is 0. The van der Waals surface area contributed by atoms with Crippen molar-refractivity contribution in [2.24, 2.45) is 0 Å². The highest BCUT2D eigenvalue weighted by Crippen LogP contribution is 2.30. The van der Waals surface area contributed by atoms with E-state index >= 15 is 0 Å². The first kappa shape index (κ1) is 14.2. The van der Waals surface area contributed by atoms with Gasteiger partial charge in [-0.25, -0.2) is 9.97 Å². The first-order valence-electron chi connectivity index (χ1n) is 5.83. The standard InChI is InChI=1S/C14H11F3N2O/c1-8-11(12(20)10-6-4-3-5-7-10)18-9(2)13(19-8)14(15,16)17/h3-7H,1-2H3. The number of carbonyl (C=O) groups excluding carboxylic acids is 1. The average molecular weight is 280 g/mol. The van der Waals surface area contributed by atoms with E-state index in [-0.39, 0.29) is 17.1 Å². The minimum absolute atomic E-state index is 0.0308. The smallest absolute Gasteiger partial charge is 0.287 e. The Morgan fingerprint density at radius 3 is 2.15 bits per heavy atom. The van der Waals surface area contributed by atoms with Gasteiger partial charge in [0, 0.05) is 5.56 Å². The van der Waals surface area contributed by atoms with E-state index in [1.807, 2.05) is 0 Å². The molecule has 0 radical (unpaired) electrons. The van der Waals surface area contributed by atoms with Crippen molar-refractivity contribution in [1.82, 2.24) is 9.97 Å². The van der Waals surface area contributed by atoms with Crippen molar-refractivity contribution < 1.29 is 18.0 Å². The van der Waals surface area contributed by atoms with Gasteiger partial charge in [-0.3, -0.25) is 4.79 Å². The van der Waals surface area contributed by atoms with Crippen LogP contribution in [0.25, 0.3) is 0 Å². The minimum atomic E-state index is -4.57. The van der Waals surface area contributed by atoms with Crippen molar-refractivity contribution in [2.45, 2.75) is 20.0 Å². The molecule has 20 heavy (non-hydrogen) atoms. The fourth-order valence-electron chi connectivity index (χ4n) is 1.81. The van der Waals surface area contributed by atoms with Crippen molar-refractivity contribution >= 4 is 5.78 Å². The molecule has 0 bridgehead atoms.